The molecule has 0 spiro atoms. The zero-order valence-corrected chi connectivity index (χ0v) is 19.6. The number of nitrogen functional groups attached to an aromatic ring is 1. The van der Waals surface area contributed by atoms with Crippen LogP contribution in [0.1, 0.15) is 37.5 Å². The maximum atomic E-state index is 13.8. The molecule has 3 aromatic rings. The van der Waals surface area contributed by atoms with Crippen LogP contribution >= 0.6 is 0 Å². The third-order valence-electron chi connectivity index (χ3n) is 6.16. The van der Waals surface area contributed by atoms with Crippen molar-refractivity contribution in [3.8, 4) is 0 Å². The maximum Gasteiger partial charge on any atom is 0.330 e. The van der Waals surface area contributed by atoms with Crippen molar-refractivity contribution in [1.82, 2.24) is 14.5 Å². The molecular formula is C25H29N5O5. The van der Waals surface area contributed by atoms with Gasteiger partial charge in [-0.05, 0) is 24.1 Å². The van der Waals surface area contributed by atoms with E-state index in [9.17, 15) is 19.2 Å². The molecule has 0 aliphatic carbocycles. The normalized spacial score (nSPS) is 15.5. The van der Waals surface area contributed by atoms with Crippen LogP contribution in [0.5, 0.6) is 0 Å². The van der Waals surface area contributed by atoms with Gasteiger partial charge in [-0.2, -0.15) is 0 Å². The van der Waals surface area contributed by atoms with Crippen molar-refractivity contribution in [2.45, 2.75) is 45.8 Å². The number of aromatic amines is 1. The van der Waals surface area contributed by atoms with E-state index in [1.807, 2.05) is 37.3 Å². The first-order valence-corrected chi connectivity index (χ1v) is 11.7. The highest BCUT2D eigenvalue weighted by atomic mass is 16.3. The van der Waals surface area contributed by atoms with Crippen molar-refractivity contribution in [2.24, 2.45) is 5.92 Å². The lowest BCUT2D eigenvalue weighted by Crippen LogP contribution is -2.43. The Hall–Kier alpha value is -4.08. The van der Waals surface area contributed by atoms with Gasteiger partial charge in [-0.15, -0.1) is 0 Å². The van der Waals surface area contributed by atoms with Gasteiger partial charge >= 0.3 is 5.69 Å². The molecule has 1 aromatic carbocycles. The molecule has 1 atom stereocenters. The number of unbranched alkanes of at least 4 members (excludes halogenated alkanes) is 1. The van der Waals surface area contributed by atoms with Crippen LogP contribution in [-0.2, 0) is 29.2 Å². The molecule has 0 radical (unpaired) electrons. The van der Waals surface area contributed by atoms with Gasteiger partial charge in [-0.25, -0.2) is 4.79 Å². The Morgan fingerprint density at radius 2 is 1.94 bits per heavy atom. The van der Waals surface area contributed by atoms with Crippen LogP contribution in [0.3, 0.4) is 0 Å². The third kappa shape index (κ3) is 5.21. The Kier molecular flexibility index (Phi) is 7.19. The first-order chi connectivity index (χ1) is 16.9. The molecule has 1 saturated heterocycles. The molecular weight excluding hydrogens is 450 g/mol. The van der Waals surface area contributed by atoms with E-state index >= 15 is 0 Å². The SMILES string of the molecule is CCCCn1c(N)c(N(Cc2ccccc2)C(=O)C2CC(=O)N(Cc3ccco3)C2)c(=O)[nH]c1=O. The second-order valence-corrected chi connectivity index (χ2v) is 8.66. The summed E-state index contributed by atoms with van der Waals surface area (Å²) in [6, 6.07) is 12.7. The van der Waals surface area contributed by atoms with Crippen molar-refractivity contribution in [1.29, 1.82) is 0 Å². The zero-order valence-electron chi connectivity index (χ0n) is 19.6. The molecule has 184 valence electrons. The van der Waals surface area contributed by atoms with E-state index in [1.54, 1.807) is 17.0 Å². The number of benzene rings is 1. The fourth-order valence-electron chi connectivity index (χ4n) is 4.31. The molecule has 10 nitrogen and oxygen atoms in total. The molecule has 1 fully saturated rings. The predicted molar refractivity (Wildman–Crippen MR) is 131 cm³/mol. The van der Waals surface area contributed by atoms with Gasteiger partial charge in [-0.1, -0.05) is 43.7 Å². The van der Waals surface area contributed by atoms with E-state index in [2.05, 4.69) is 4.98 Å². The number of H-pyrrole nitrogens is 1. The van der Waals surface area contributed by atoms with E-state index in [0.29, 0.717) is 18.7 Å². The summed E-state index contributed by atoms with van der Waals surface area (Å²) in [6.07, 6.45) is 3.05. The van der Waals surface area contributed by atoms with Gasteiger partial charge in [0, 0.05) is 19.5 Å². The summed E-state index contributed by atoms with van der Waals surface area (Å²) in [5, 5.41) is 0. The van der Waals surface area contributed by atoms with Crippen LogP contribution in [0.2, 0.25) is 0 Å². The summed E-state index contributed by atoms with van der Waals surface area (Å²) in [6.45, 7) is 2.82. The number of nitrogens with zero attached hydrogens (tertiary/aromatic N) is 3. The van der Waals surface area contributed by atoms with Crippen LogP contribution in [-0.4, -0.2) is 32.8 Å². The number of rotatable bonds is 9. The van der Waals surface area contributed by atoms with Gasteiger partial charge in [0.05, 0.1) is 25.3 Å². The average Bonchev–Trinajstić information content (AvgIpc) is 3.48. The molecule has 2 amide bonds. The Bertz CT molecular complexity index is 1300. The summed E-state index contributed by atoms with van der Waals surface area (Å²) in [5.74, 6) is -0.684. The number of nitrogens with two attached hydrogens (primary N) is 1. The van der Waals surface area contributed by atoms with E-state index in [-0.39, 0.29) is 43.5 Å². The minimum absolute atomic E-state index is 0.0120. The fraction of sp³-hybridized carbons (Fsp3) is 0.360. The second kappa shape index (κ2) is 10.5. The number of furan rings is 1. The maximum absolute atomic E-state index is 13.8. The van der Waals surface area contributed by atoms with Crippen LogP contribution in [0, 0.1) is 5.92 Å². The molecule has 0 bridgehead atoms. The molecule has 1 aliphatic heterocycles. The second-order valence-electron chi connectivity index (χ2n) is 8.66. The summed E-state index contributed by atoms with van der Waals surface area (Å²) >= 11 is 0. The zero-order chi connectivity index (χ0) is 24.9. The lowest BCUT2D eigenvalue weighted by atomic mass is 10.1. The first-order valence-electron chi connectivity index (χ1n) is 11.7. The number of carbonyl (C=O) groups excluding carboxylic acids is 2. The van der Waals surface area contributed by atoms with Gasteiger partial charge in [0.2, 0.25) is 11.8 Å². The molecule has 1 aliphatic rings. The Morgan fingerprint density at radius 3 is 2.63 bits per heavy atom. The molecule has 35 heavy (non-hydrogen) atoms. The molecule has 3 heterocycles. The summed E-state index contributed by atoms with van der Waals surface area (Å²) in [5.41, 5.74) is 5.68. The van der Waals surface area contributed by atoms with Crippen molar-refractivity contribution >= 4 is 23.3 Å². The molecule has 2 aromatic heterocycles. The monoisotopic (exact) mass is 479 g/mol. The number of carbonyl (C=O) groups is 2. The highest BCUT2D eigenvalue weighted by Crippen LogP contribution is 2.27. The minimum atomic E-state index is -0.735. The van der Waals surface area contributed by atoms with Crippen molar-refractivity contribution in [3.05, 3.63) is 80.9 Å². The van der Waals surface area contributed by atoms with Crippen LogP contribution in [0.15, 0.2) is 62.7 Å². The van der Waals surface area contributed by atoms with E-state index in [4.69, 9.17) is 10.2 Å². The minimum Gasteiger partial charge on any atom is -0.467 e. The number of likely N-dealkylation sites (tertiary alicyclic amines) is 1. The molecule has 1 unspecified atom stereocenters. The molecule has 0 saturated carbocycles. The van der Waals surface area contributed by atoms with Gasteiger partial charge in [0.25, 0.3) is 5.56 Å². The van der Waals surface area contributed by atoms with Gasteiger partial charge in [-0.3, -0.25) is 28.8 Å². The molecule has 10 heteroatoms. The lowest BCUT2D eigenvalue weighted by Gasteiger charge is -2.27. The van der Waals surface area contributed by atoms with Crippen molar-refractivity contribution in [3.63, 3.8) is 0 Å². The van der Waals surface area contributed by atoms with Gasteiger partial charge in [0.15, 0.2) is 5.69 Å². The number of aromatic nitrogens is 2. The van der Waals surface area contributed by atoms with E-state index < -0.39 is 23.1 Å². The summed E-state index contributed by atoms with van der Waals surface area (Å²) in [4.78, 5) is 57.0. The van der Waals surface area contributed by atoms with Crippen LogP contribution in [0.4, 0.5) is 11.5 Å². The number of amides is 2. The number of hydrogen-bond acceptors (Lipinski definition) is 6. The smallest absolute Gasteiger partial charge is 0.330 e. The number of hydrogen-bond donors (Lipinski definition) is 2. The van der Waals surface area contributed by atoms with E-state index in [1.165, 1.54) is 15.7 Å². The first kappa shape index (κ1) is 24.1. The average molecular weight is 480 g/mol. The van der Waals surface area contributed by atoms with Crippen molar-refractivity contribution < 1.29 is 14.0 Å². The summed E-state index contributed by atoms with van der Waals surface area (Å²) in [7, 11) is 0. The van der Waals surface area contributed by atoms with Gasteiger partial charge in [0.1, 0.15) is 11.6 Å². The third-order valence-corrected chi connectivity index (χ3v) is 6.16. The fourth-order valence-corrected chi connectivity index (χ4v) is 4.31. The quantitative estimate of drug-likeness (QED) is 0.483. The summed E-state index contributed by atoms with van der Waals surface area (Å²) < 4.78 is 6.63. The Morgan fingerprint density at radius 1 is 1.17 bits per heavy atom. The largest absolute Gasteiger partial charge is 0.467 e. The van der Waals surface area contributed by atoms with Gasteiger partial charge < -0.3 is 15.1 Å². The molecule has 3 N–H and O–H groups in total. The number of anilines is 2. The van der Waals surface area contributed by atoms with Crippen LogP contribution < -0.4 is 21.9 Å². The van der Waals surface area contributed by atoms with Crippen LogP contribution in [0.25, 0.3) is 0 Å². The lowest BCUT2D eigenvalue weighted by molar-refractivity contribution is -0.129. The van der Waals surface area contributed by atoms with E-state index in [0.717, 1.165) is 12.0 Å². The predicted octanol–water partition coefficient (Wildman–Crippen LogP) is 2.09. The number of nitrogens with one attached hydrogen (secondary N) is 1. The Labute approximate surface area is 202 Å². The van der Waals surface area contributed by atoms with Crippen molar-refractivity contribution in [2.75, 3.05) is 17.2 Å². The highest BCUT2D eigenvalue weighted by Gasteiger charge is 2.38. The highest BCUT2D eigenvalue weighted by molar-refractivity contribution is 6.00. The molecule has 4 rings (SSSR count). The Balaban J connectivity index is 1.69. The standard InChI is InChI=1S/C25H29N5O5/c1-2-3-11-29-22(26)21(23(32)27-25(29)34)30(14-17-8-5-4-6-9-17)24(33)18-13-20(31)28(15-18)16-19-10-7-12-35-19/h4-10,12,18H,2-3,11,13-16,26H2,1H3,(H,27,32,34). The topological polar surface area (TPSA) is 135 Å².